The molecule has 3 fully saturated rings. The van der Waals surface area contributed by atoms with Gasteiger partial charge >= 0.3 is 16.3 Å². The lowest BCUT2D eigenvalue weighted by molar-refractivity contribution is -0.153. The Kier molecular flexibility index (Phi) is 7.83. The fraction of sp³-hybridized carbons (Fsp3) is 0.524. The first-order valence-electron chi connectivity index (χ1n) is 12.6. The van der Waals surface area contributed by atoms with Crippen molar-refractivity contribution in [3.8, 4) is 0 Å². The van der Waals surface area contributed by atoms with E-state index >= 15 is 0 Å². The number of carbonyl (C=O) groups is 2. The molecule has 226 valence electrons. The van der Waals surface area contributed by atoms with E-state index in [9.17, 15) is 27.7 Å². The third-order valence-electron chi connectivity index (χ3n) is 6.89. The predicted molar refractivity (Wildman–Crippen MR) is 148 cm³/mol. The molecule has 0 bridgehead atoms. The number of nitrogen functional groups attached to an aromatic ring is 1. The standard InChI is InChI=1S/C21H28N12O7S2/c22-3-11-7-31(8-11)19(23)26-4-12-5-27-32(29-12)9-15-16(17(34)33(15)42(37,38)39)25-6-13(14-10-41-20(24)28-14)30-40-21(1-2-21)18(35)36/h5-6,10-11,15-16H,1-4,7-9,22H2,(H2,23,26)(H2,24,28)(H,35,36)(H,37,38,39)/b25-6?,30-13+. The molecule has 2 saturated heterocycles. The van der Waals surface area contributed by atoms with Crippen LogP contribution in [0.4, 0.5) is 5.13 Å². The van der Waals surface area contributed by atoms with Crippen molar-refractivity contribution in [1.82, 2.24) is 29.2 Å². The van der Waals surface area contributed by atoms with Gasteiger partial charge in [0.15, 0.2) is 17.1 Å². The molecule has 8 N–H and O–H groups in total. The van der Waals surface area contributed by atoms with E-state index in [1.54, 1.807) is 0 Å². The number of aliphatic carboxylic acids is 1. The molecule has 1 saturated carbocycles. The SMILES string of the molecule is NCC1CN(C(N)=NCc2cnn(CC3C(N=C/C(=N\OC4(C(=O)O)CC4)c4csc(N)n4)C(=O)N3S(=O)(=O)O)n2)C1. The van der Waals surface area contributed by atoms with Gasteiger partial charge in [0.05, 0.1) is 25.5 Å². The lowest BCUT2D eigenvalue weighted by Crippen LogP contribution is -2.67. The zero-order valence-corrected chi connectivity index (χ0v) is 23.6. The molecule has 5 rings (SSSR count). The maximum Gasteiger partial charge on any atom is 0.362 e. The van der Waals surface area contributed by atoms with Gasteiger partial charge in [-0.05, 0) is 6.54 Å². The summed E-state index contributed by atoms with van der Waals surface area (Å²) in [6.45, 7) is 1.87. The first-order chi connectivity index (χ1) is 19.9. The van der Waals surface area contributed by atoms with Crippen molar-refractivity contribution in [3.63, 3.8) is 0 Å². The molecular formula is C21H28N12O7S2. The van der Waals surface area contributed by atoms with Crippen molar-refractivity contribution in [2.75, 3.05) is 25.4 Å². The number of carboxylic acid groups (broad SMARTS) is 1. The van der Waals surface area contributed by atoms with Crippen LogP contribution >= 0.6 is 11.3 Å². The number of nitrogens with two attached hydrogens (primary N) is 3. The van der Waals surface area contributed by atoms with Crippen molar-refractivity contribution in [2.45, 2.75) is 43.6 Å². The quantitative estimate of drug-likeness (QED) is 0.0537. The molecular weight excluding hydrogens is 596 g/mol. The van der Waals surface area contributed by atoms with Gasteiger partial charge in [-0.1, -0.05) is 5.16 Å². The summed E-state index contributed by atoms with van der Waals surface area (Å²) in [4.78, 5) is 45.0. The maximum atomic E-state index is 12.7. The van der Waals surface area contributed by atoms with Gasteiger partial charge in [-0.25, -0.2) is 19.1 Å². The Morgan fingerprint density at radius 2 is 2.07 bits per heavy atom. The number of anilines is 1. The van der Waals surface area contributed by atoms with Gasteiger partial charge in [0.2, 0.25) is 5.60 Å². The Balaban J connectivity index is 1.31. The average molecular weight is 625 g/mol. The number of aromatic nitrogens is 4. The van der Waals surface area contributed by atoms with Crippen LogP contribution in [0.15, 0.2) is 26.7 Å². The average Bonchev–Trinajstić information content (AvgIpc) is 3.36. The number of hydrogen-bond acceptors (Lipinski definition) is 14. The van der Waals surface area contributed by atoms with Crippen LogP contribution in [-0.4, -0.2) is 114 Å². The molecule has 2 aromatic heterocycles. The Hall–Kier alpha value is -4.21. The second kappa shape index (κ2) is 11.2. The number of guanidine groups is 1. The molecule has 2 aromatic rings. The van der Waals surface area contributed by atoms with Crippen LogP contribution in [0.25, 0.3) is 0 Å². The molecule has 0 aromatic carbocycles. The van der Waals surface area contributed by atoms with Crippen LogP contribution in [0.1, 0.15) is 24.2 Å². The highest BCUT2D eigenvalue weighted by atomic mass is 32.2. The first-order valence-corrected chi connectivity index (χ1v) is 14.9. The molecule has 1 aliphatic carbocycles. The maximum absolute atomic E-state index is 12.7. The molecule has 0 radical (unpaired) electrons. The summed E-state index contributed by atoms with van der Waals surface area (Å²) in [5.74, 6) is -1.47. The number of amides is 1. The minimum absolute atomic E-state index is 0.0396. The van der Waals surface area contributed by atoms with Gasteiger partial charge in [-0.3, -0.25) is 14.3 Å². The fourth-order valence-electron chi connectivity index (χ4n) is 4.24. The summed E-state index contributed by atoms with van der Waals surface area (Å²) in [5, 5.41) is 23.3. The molecule has 3 aliphatic rings. The van der Waals surface area contributed by atoms with Gasteiger partial charge in [-0.2, -0.15) is 23.4 Å². The number of β-lactam (4-membered cyclic amide) rings is 1. The molecule has 0 spiro atoms. The Morgan fingerprint density at radius 1 is 1.33 bits per heavy atom. The van der Waals surface area contributed by atoms with Crippen LogP contribution < -0.4 is 17.2 Å². The molecule has 2 unspecified atom stereocenters. The summed E-state index contributed by atoms with van der Waals surface area (Å²) in [6, 6.07) is -2.48. The van der Waals surface area contributed by atoms with E-state index < -0.39 is 39.9 Å². The second-order valence-corrected chi connectivity index (χ2v) is 12.1. The number of carboxylic acids is 1. The zero-order valence-electron chi connectivity index (χ0n) is 21.9. The van der Waals surface area contributed by atoms with E-state index in [0.717, 1.165) is 35.4 Å². The Bertz CT molecular complexity index is 1560. The van der Waals surface area contributed by atoms with Crippen LogP contribution in [0, 0.1) is 5.92 Å². The second-order valence-electron chi connectivity index (χ2n) is 9.91. The van der Waals surface area contributed by atoms with Crippen LogP contribution in [0.2, 0.25) is 0 Å². The van der Waals surface area contributed by atoms with Crippen LogP contribution in [0.3, 0.4) is 0 Å². The molecule has 4 heterocycles. The van der Waals surface area contributed by atoms with Crippen molar-refractivity contribution in [1.29, 1.82) is 0 Å². The van der Waals surface area contributed by atoms with E-state index in [-0.39, 0.29) is 46.8 Å². The molecule has 21 heteroatoms. The monoisotopic (exact) mass is 624 g/mol. The predicted octanol–water partition coefficient (Wildman–Crippen LogP) is -2.49. The summed E-state index contributed by atoms with van der Waals surface area (Å²) in [7, 11) is -4.92. The third kappa shape index (κ3) is 6.03. The fourth-order valence-corrected chi connectivity index (χ4v) is 5.66. The van der Waals surface area contributed by atoms with Gasteiger partial charge < -0.3 is 32.0 Å². The number of nitrogens with zero attached hydrogens (tertiary/aromatic N) is 9. The number of aliphatic imine (C=N–C) groups is 2. The van der Waals surface area contributed by atoms with E-state index in [2.05, 4.69) is 30.3 Å². The van der Waals surface area contributed by atoms with E-state index in [1.807, 2.05) is 4.90 Å². The third-order valence-corrected chi connectivity index (χ3v) is 8.51. The van der Waals surface area contributed by atoms with Gasteiger partial charge in [0.25, 0.3) is 5.91 Å². The molecule has 2 aliphatic heterocycles. The van der Waals surface area contributed by atoms with Crippen molar-refractivity contribution in [2.24, 2.45) is 32.5 Å². The normalized spacial score (nSPS) is 22.8. The summed E-state index contributed by atoms with van der Waals surface area (Å²) >= 11 is 1.08. The highest BCUT2D eigenvalue weighted by Crippen LogP contribution is 2.40. The van der Waals surface area contributed by atoms with E-state index in [1.165, 1.54) is 11.6 Å². The largest absolute Gasteiger partial charge is 0.478 e. The number of thiazole rings is 1. The smallest absolute Gasteiger partial charge is 0.362 e. The first kappa shape index (κ1) is 29.3. The molecule has 1 amide bonds. The highest BCUT2D eigenvalue weighted by molar-refractivity contribution is 7.84. The van der Waals surface area contributed by atoms with E-state index in [4.69, 9.17) is 22.0 Å². The molecule has 19 nitrogen and oxygen atoms in total. The number of hydrogen-bond donors (Lipinski definition) is 5. The van der Waals surface area contributed by atoms with Gasteiger partial charge in [0, 0.05) is 37.2 Å². The van der Waals surface area contributed by atoms with Crippen LogP contribution in [0.5, 0.6) is 0 Å². The van der Waals surface area contributed by atoms with E-state index in [0.29, 0.717) is 24.1 Å². The van der Waals surface area contributed by atoms with Crippen molar-refractivity contribution in [3.05, 3.63) is 23.0 Å². The topological polar surface area (TPSA) is 283 Å². The minimum Gasteiger partial charge on any atom is -0.478 e. The number of rotatable bonds is 12. The minimum atomic E-state index is -4.92. The van der Waals surface area contributed by atoms with Gasteiger partial charge in [0.1, 0.15) is 23.1 Å². The zero-order chi connectivity index (χ0) is 30.2. The molecule has 42 heavy (non-hydrogen) atoms. The van der Waals surface area contributed by atoms with Crippen LogP contribution in [-0.2, 0) is 37.8 Å². The van der Waals surface area contributed by atoms with Crippen molar-refractivity contribution >= 4 is 56.5 Å². The lowest BCUT2D eigenvalue weighted by Gasteiger charge is -2.41. The summed E-state index contributed by atoms with van der Waals surface area (Å²) < 4.78 is 33.8. The number of carbonyl (C=O) groups excluding carboxylic acids is 1. The highest BCUT2D eigenvalue weighted by Gasteiger charge is 2.55. The molecule has 2 atom stereocenters. The Labute approximate surface area is 242 Å². The van der Waals surface area contributed by atoms with Gasteiger partial charge in [-0.15, -0.1) is 11.3 Å². The Morgan fingerprint density at radius 3 is 2.67 bits per heavy atom. The number of oxime groups is 1. The summed E-state index contributed by atoms with van der Waals surface area (Å²) in [6.07, 6.45) is 3.03. The lowest BCUT2D eigenvalue weighted by atomic mass is 9.99. The summed E-state index contributed by atoms with van der Waals surface area (Å²) in [5.41, 5.74) is 16.5. The van der Waals surface area contributed by atoms with Crippen molar-refractivity contribution < 1.29 is 32.5 Å². The number of likely N-dealkylation sites (tertiary alicyclic amines) is 1.